The van der Waals surface area contributed by atoms with Gasteiger partial charge in [-0.2, -0.15) is 0 Å². The van der Waals surface area contributed by atoms with Crippen molar-refractivity contribution in [2.24, 2.45) is 0 Å². The summed E-state index contributed by atoms with van der Waals surface area (Å²) in [6.45, 7) is 0.478. The third kappa shape index (κ3) is 1.95. The SMILES string of the molecule is O=C(O)C1CC(Oc2ccc3nnnn3n2)CN1. The van der Waals surface area contributed by atoms with Gasteiger partial charge in [0.25, 0.3) is 0 Å². The zero-order chi connectivity index (χ0) is 12.5. The highest BCUT2D eigenvalue weighted by atomic mass is 16.5. The molecule has 0 aliphatic carbocycles. The van der Waals surface area contributed by atoms with Crippen LogP contribution in [-0.4, -0.2) is 55.0 Å². The number of tetrazole rings is 1. The molecule has 3 rings (SSSR count). The zero-order valence-electron chi connectivity index (χ0n) is 9.22. The molecular formula is C9H10N6O3. The van der Waals surface area contributed by atoms with E-state index in [-0.39, 0.29) is 6.10 Å². The van der Waals surface area contributed by atoms with Gasteiger partial charge in [0.2, 0.25) is 5.88 Å². The molecule has 0 radical (unpaired) electrons. The van der Waals surface area contributed by atoms with Gasteiger partial charge >= 0.3 is 5.97 Å². The minimum Gasteiger partial charge on any atom is -0.480 e. The van der Waals surface area contributed by atoms with E-state index in [1.165, 1.54) is 4.63 Å². The van der Waals surface area contributed by atoms with E-state index in [0.29, 0.717) is 24.5 Å². The fourth-order valence-corrected chi connectivity index (χ4v) is 1.85. The van der Waals surface area contributed by atoms with Crippen molar-refractivity contribution in [3.8, 4) is 5.88 Å². The number of hydrogen-bond acceptors (Lipinski definition) is 7. The molecule has 3 heterocycles. The predicted octanol–water partition coefficient (Wildman–Crippen LogP) is -1.29. The summed E-state index contributed by atoms with van der Waals surface area (Å²) in [6.07, 6.45) is 0.192. The van der Waals surface area contributed by atoms with Gasteiger partial charge in [-0.05, 0) is 16.5 Å². The number of carbonyl (C=O) groups is 1. The second-order valence-electron chi connectivity index (χ2n) is 3.97. The Bertz CT molecular complexity index is 584. The highest BCUT2D eigenvalue weighted by Gasteiger charge is 2.30. The Morgan fingerprint density at radius 1 is 1.56 bits per heavy atom. The summed E-state index contributed by atoms with van der Waals surface area (Å²) in [5.41, 5.74) is 0.523. The summed E-state index contributed by atoms with van der Waals surface area (Å²) in [6, 6.07) is 2.77. The number of aliphatic carboxylic acids is 1. The molecular weight excluding hydrogens is 240 g/mol. The van der Waals surface area contributed by atoms with Gasteiger partial charge in [0.15, 0.2) is 5.65 Å². The fourth-order valence-electron chi connectivity index (χ4n) is 1.85. The lowest BCUT2D eigenvalue weighted by Crippen LogP contribution is -2.30. The van der Waals surface area contributed by atoms with Crippen LogP contribution in [0.4, 0.5) is 0 Å². The van der Waals surface area contributed by atoms with Crippen LogP contribution in [0, 0.1) is 0 Å². The van der Waals surface area contributed by atoms with Crippen molar-refractivity contribution in [1.82, 2.24) is 30.6 Å². The van der Waals surface area contributed by atoms with Gasteiger partial charge in [0, 0.05) is 19.0 Å². The molecule has 0 spiro atoms. The summed E-state index contributed by atoms with van der Waals surface area (Å²) < 4.78 is 6.84. The smallest absolute Gasteiger partial charge is 0.320 e. The number of hydrogen-bond donors (Lipinski definition) is 2. The maximum absolute atomic E-state index is 10.8. The summed E-state index contributed by atoms with van der Waals surface area (Å²) >= 11 is 0. The monoisotopic (exact) mass is 250 g/mol. The molecule has 1 fully saturated rings. The van der Waals surface area contributed by atoms with E-state index in [1.807, 2.05) is 0 Å². The largest absolute Gasteiger partial charge is 0.480 e. The van der Waals surface area contributed by atoms with Crippen molar-refractivity contribution in [2.75, 3.05) is 6.54 Å². The topological polar surface area (TPSA) is 115 Å². The van der Waals surface area contributed by atoms with Crippen LogP contribution in [0.25, 0.3) is 5.65 Å². The number of nitrogens with one attached hydrogen (secondary N) is 1. The fraction of sp³-hybridized carbons (Fsp3) is 0.444. The molecule has 18 heavy (non-hydrogen) atoms. The first-order valence-electron chi connectivity index (χ1n) is 5.40. The molecule has 9 nitrogen and oxygen atoms in total. The molecule has 0 saturated carbocycles. The van der Waals surface area contributed by atoms with Crippen LogP contribution >= 0.6 is 0 Å². The van der Waals surface area contributed by atoms with Gasteiger partial charge in [-0.1, -0.05) is 0 Å². The van der Waals surface area contributed by atoms with E-state index < -0.39 is 12.0 Å². The second-order valence-corrected chi connectivity index (χ2v) is 3.97. The first-order chi connectivity index (χ1) is 8.72. The van der Waals surface area contributed by atoms with Crippen molar-refractivity contribution in [3.05, 3.63) is 12.1 Å². The summed E-state index contributed by atoms with van der Waals surface area (Å²) in [5.74, 6) is -0.502. The van der Waals surface area contributed by atoms with E-state index in [4.69, 9.17) is 9.84 Å². The van der Waals surface area contributed by atoms with Crippen LogP contribution in [0.2, 0.25) is 0 Å². The van der Waals surface area contributed by atoms with Gasteiger partial charge in [-0.25, -0.2) is 0 Å². The Kier molecular flexibility index (Phi) is 2.52. The summed E-state index contributed by atoms with van der Waals surface area (Å²) in [5, 5.41) is 26.6. The Balaban J connectivity index is 1.71. The van der Waals surface area contributed by atoms with Gasteiger partial charge in [0.1, 0.15) is 12.1 Å². The molecule has 0 amide bonds. The number of aromatic nitrogens is 5. The molecule has 2 atom stereocenters. The minimum absolute atomic E-state index is 0.215. The highest BCUT2D eigenvalue weighted by molar-refractivity contribution is 5.73. The van der Waals surface area contributed by atoms with Crippen molar-refractivity contribution in [2.45, 2.75) is 18.6 Å². The van der Waals surface area contributed by atoms with E-state index >= 15 is 0 Å². The van der Waals surface area contributed by atoms with Gasteiger partial charge in [0.05, 0.1) is 0 Å². The average molecular weight is 250 g/mol. The number of nitrogens with zero attached hydrogens (tertiary/aromatic N) is 5. The average Bonchev–Trinajstić information content (AvgIpc) is 2.96. The van der Waals surface area contributed by atoms with E-state index in [1.54, 1.807) is 12.1 Å². The van der Waals surface area contributed by atoms with Crippen LogP contribution in [0.1, 0.15) is 6.42 Å². The maximum Gasteiger partial charge on any atom is 0.320 e. The molecule has 1 saturated heterocycles. The summed E-state index contributed by atoms with van der Waals surface area (Å²) in [4.78, 5) is 10.8. The predicted molar refractivity (Wildman–Crippen MR) is 57.0 cm³/mol. The highest BCUT2D eigenvalue weighted by Crippen LogP contribution is 2.15. The Labute approximate surface area is 101 Å². The van der Waals surface area contributed by atoms with Crippen LogP contribution in [0.15, 0.2) is 12.1 Å². The molecule has 0 bridgehead atoms. The molecule has 1 aliphatic heterocycles. The van der Waals surface area contributed by atoms with Crippen LogP contribution in [0.3, 0.4) is 0 Å². The standard InChI is InChI=1S/C9H10N6O3/c16-9(17)6-3-5(4-10-6)18-8-2-1-7-11-13-14-15(7)12-8/h1-2,5-6,10H,3-4H2,(H,16,17). The van der Waals surface area contributed by atoms with Crippen molar-refractivity contribution < 1.29 is 14.6 Å². The summed E-state index contributed by atoms with van der Waals surface area (Å²) in [7, 11) is 0. The number of carboxylic acids is 1. The minimum atomic E-state index is -0.870. The maximum atomic E-state index is 10.8. The molecule has 2 aromatic heterocycles. The molecule has 0 aromatic carbocycles. The Morgan fingerprint density at radius 2 is 2.44 bits per heavy atom. The first kappa shape index (κ1) is 10.8. The van der Waals surface area contributed by atoms with Gasteiger partial charge in [-0.15, -0.1) is 14.8 Å². The van der Waals surface area contributed by atoms with Crippen molar-refractivity contribution >= 4 is 11.6 Å². The van der Waals surface area contributed by atoms with E-state index in [2.05, 4.69) is 25.9 Å². The molecule has 1 aliphatic rings. The van der Waals surface area contributed by atoms with E-state index in [9.17, 15) is 4.79 Å². The number of ether oxygens (including phenoxy) is 1. The number of rotatable bonds is 3. The lowest BCUT2D eigenvalue weighted by molar-refractivity contribution is -0.139. The van der Waals surface area contributed by atoms with Crippen molar-refractivity contribution in [1.29, 1.82) is 0 Å². The van der Waals surface area contributed by atoms with Crippen molar-refractivity contribution in [3.63, 3.8) is 0 Å². The molecule has 2 aromatic rings. The second kappa shape index (κ2) is 4.18. The lowest BCUT2D eigenvalue weighted by atomic mass is 10.2. The van der Waals surface area contributed by atoms with Gasteiger partial charge < -0.3 is 15.2 Å². The number of carboxylic acid groups (broad SMARTS) is 1. The molecule has 2 unspecified atom stereocenters. The van der Waals surface area contributed by atoms with Gasteiger partial charge in [-0.3, -0.25) is 4.79 Å². The third-order valence-electron chi connectivity index (χ3n) is 2.72. The zero-order valence-corrected chi connectivity index (χ0v) is 9.22. The molecule has 9 heteroatoms. The van der Waals surface area contributed by atoms with Crippen LogP contribution in [0.5, 0.6) is 5.88 Å². The third-order valence-corrected chi connectivity index (χ3v) is 2.72. The quantitative estimate of drug-likeness (QED) is 0.691. The lowest BCUT2D eigenvalue weighted by Gasteiger charge is -2.10. The Hall–Kier alpha value is -2.29. The Morgan fingerprint density at radius 3 is 3.22 bits per heavy atom. The van der Waals surface area contributed by atoms with Crippen LogP contribution < -0.4 is 10.1 Å². The molecule has 2 N–H and O–H groups in total. The molecule has 94 valence electrons. The first-order valence-corrected chi connectivity index (χ1v) is 5.40. The number of fused-ring (bicyclic) bond motifs is 1. The normalized spacial score (nSPS) is 23.3. The van der Waals surface area contributed by atoms with E-state index in [0.717, 1.165) is 0 Å². The van der Waals surface area contributed by atoms with Crippen LogP contribution in [-0.2, 0) is 4.79 Å².